The monoisotopic (exact) mass is 238 g/mol. The molecule has 1 nitrogen and oxygen atoms in total. The van der Waals surface area contributed by atoms with Crippen molar-refractivity contribution in [2.75, 3.05) is 0 Å². The molecule has 0 aliphatic heterocycles. The third-order valence-corrected chi connectivity index (χ3v) is 3.74. The number of halogens is 2. The lowest BCUT2D eigenvalue weighted by molar-refractivity contribution is -0.127. The number of benzene rings is 1. The Hall–Kier alpha value is -1.25. The summed E-state index contributed by atoms with van der Waals surface area (Å²) in [6.07, 6.45) is 3.83. The maximum absolute atomic E-state index is 13.4. The Labute approximate surface area is 99.8 Å². The maximum atomic E-state index is 13.4. The SMILES string of the molecule is CC1(C(=O)Cc2cc(F)ccc2F)CCCC1. The minimum Gasteiger partial charge on any atom is -0.299 e. The molecular formula is C14H16F2O. The Bertz CT molecular complexity index is 434. The molecule has 0 saturated heterocycles. The lowest BCUT2D eigenvalue weighted by Crippen LogP contribution is -2.26. The van der Waals surface area contributed by atoms with Gasteiger partial charge in [0, 0.05) is 11.8 Å². The van der Waals surface area contributed by atoms with Crippen molar-refractivity contribution in [2.24, 2.45) is 5.41 Å². The van der Waals surface area contributed by atoms with Crippen molar-refractivity contribution in [3.05, 3.63) is 35.4 Å². The summed E-state index contributed by atoms with van der Waals surface area (Å²) < 4.78 is 26.4. The van der Waals surface area contributed by atoms with E-state index in [-0.39, 0.29) is 23.2 Å². The first-order valence-corrected chi connectivity index (χ1v) is 5.98. The molecule has 0 bridgehead atoms. The summed E-state index contributed by atoms with van der Waals surface area (Å²) in [6, 6.07) is 3.26. The highest BCUT2D eigenvalue weighted by Crippen LogP contribution is 2.39. The molecule has 1 fully saturated rings. The van der Waals surface area contributed by atoms with Gasteiger partial charge in [-0.25, -0.2) is 8.78 Å². The van der Waals surface area contributed by atoms with Crippen molar-refractivity contribution in [1.29, 1.82) is 0 Å². The van der Waals surface area contributed by atoms with Crippen molar-refractivity contribution in [3.8, 4) is 0 Å². The third-order valence-electron chi connectivity index (χ3n) is 3.74. The number of carbonyl (C=O) groups excluding carboxylic acids is 1. The Morgan fingerprint density at radius 1 is 1.29 bits per heavy atom. The van der Waals surface area contributed by atoms with Crippen molar-refractivity contribution in [3.63, 3.8) is 0 Å². The minimum atomic E-state index is -0.499. The maximum Gasteiger partial charge on any atom is 0.143 e. The van der Waals surface area contributed by atoms with Gasteiger partial charge < -0.3 is 0 Å². The van der Waals surface area contributed by atoms with E-state index in [1.54, 1.807) is 0 Å². The normalized spacial score (nSPS) is 18.3. The molecule has 1 aliphatic carbocycles. The summed E-state index contributed by atoms with van der Waals surface area (Å²) in [6.45, 7) is 1.93. The lowest BCUT2D eigenvalue weighted by atomic mass is 9.81. The van der Waals surface area contributed by atoms with Crippen LogP contribution in [0.4, 0.5) is 8.78 Å². The minimum absolute atomic E-state index is 0.0000926. The van der Waals surface area contributed by atoms with Crippen LogP contribution < -0.4 is 0 Å². The molecule has 0 atom stereocenters. The first-order valence-electron chi connectivity index (χ1n) is 5.98. The zero-order valence-electron chi connectivity index (χ0n) is 9.93. The standard InChI is InChI=1S/C14H16F2O/c1-14(6-2-3-7-14)13(17)9-10-8-11(15)4-5-12(10)16/h4-5,8H,2-3,6-7,9H2,1H3. The van der Waals surface area contributed by atoms with E-state index in [2.05, 4.69) is 0 Å². The molecule has 0 N–H and O–H groups in total. The molecule has 0 aromatic heterocycles. The first-order chi connectivity index (χ1) is 8.01. The largest absolute Gasteiger partial charge is 0.299 e. The Balaban J connectivity index is 2.15. The quantitative estimate of drug-likeness (QED) is 0.785. The number of Topliss-reactive ketones (excluding diaryl/α,β-unsaturated/α-hetero) is 1. The number of rotatable bonds is 3. The van der Waals surface area contributed by atoms with E-state index in [1.807, 2.05) is 6.92 Å². The van der Waals surface area contributed by atoms with E-state index < -0.39 is 11.6 Å². The van der Waals surface area contributed by atoms with Gasteiger partial charge in [-0.2, -0.15) is 0 Å². The Morgan fingerprint density at radius 2 is 1.94 bits per heavy atom. The molecule has 1 aromatic rings. The zero-order chi connectivity index (χ0) is 12.5. The molecule has 1 saturated carbocycles. The molecule has 0 heterocycles. The average Bonchev–Trinajstić information content (AvgIpc) is 2.72. The molecule has 0 unspecified atom stereocenters. The van der Waals surface area contributed by atoms with Gasteiger partial charge in [0.1, 0.15) is 17.4 Å². The molecule has 0 spiro atoms. The van der Waals surface area contributed by atoms with Crippen LogP contribution in [0.5, 0.6) is 0 Å². The predicted octanol–water partition coefficient (Wildman–Crippen LogP) is 3.66. The molecule has 1 aromatic carbocycles. The highest BCUT2D eigenvalue weighted by atomic mass is 19.1. The topological polar surface area (TPSA) is 17.1 Å². The number of carbonyl (C=O) groups is 1. The van der Waals surface area contributed by atoms with Gasteiger partial charge in [0.2, 0.25) is 0 Å². The van der Waals surface area contributed by atoms with Gasteiger partial charge in [0.15, 0.2) is 0 Å². The molecule has 3 heteroatoms. The van der Waals surface area contributed by atoms with Crippen LogP contribution in [0.2, 0.25) is 0 Å². The summed E-state index contributed by atoms with van der Waals surface area (Å²) in [7, 11) is 0. The molecule has 0 radical (unpaired) electrons. The van der Waals surface area contributed by atoms with Gasteiger partial charge in [-0.1, -0.05) is 19.8 Å². The van der Waals surface area contributed by atoms with Gasteiger partial charge in [-0.3, -0.25) is 4.79 Å². The van der Waals surface area contributed by atoms with Gasteiger partial charge in [-0.05, 0) is 36.6 Å². The van der Waals surface area contributed by atoms with Crippen LogP contribution in [0.3, 0.4) is 0 Å². The smallest absolute Gasteiger partial charge is 0.143 e. The van der Waals surface area contributed by atoms with Gasteiger partial charge >= 0.3 is 0 Å². The van der Waals surface area contributed by atoms with Crippen LogP contribution in [0.1, 0.15) is 38.2 Å². The molecule has 0 amide bonds. The fourth-order valence-electron chi connectivity index (χ4n) is 2.50. The highest BCUT2D eigenvalue weighted by molar-refractivity contribution is 5.86. The third kappa shape index (κ3) is 2.54. The van der Waals surface area contributed by atoms with Crippen LogP contribution in [0.25, 0.3) is 0 Å². The molecule has 2 rings (SSSR count). The Morgan fingerprint density at radius 3 is 2.59 bits per heavy atom. The summed E-state index contributed by atoms with van der Waals surface area (Å²) in [5.41, 5.74) is -0.165. The van der Waals surface area contributed by atoms with E-state index in [4.69, 9.17) is 0 Å². The second kappa shape index (κ2) is 4.55. The van der Waals surface area contributed by atoms with E-state index >= 15 is 0 Å². The van der Waals surface area contributed by atoms with Crippen LogP contribution in [-0.4, -0.2) is 5.78 Å². The lowest BCUT2D eigenvalue weighted by Gasteiger charge is -2.21. The van der Waals surface area contributed by atoms with Gasteiger partial charge in [0.05, 0.1) is 0 Å². The Kier molecular flexibility index (Phi) is 3.27. The van der Waals surface area contributed by atoms with Crippen LogP contribution >= 0.6 is 0 Å². The second-order valence-corrected chi connectivity index (χ2v) is 5.10. The molecule has 1 aliphatic rings. The molecule has 92 valence electrons. The summed E-state index contributed by atoms with van der Waals surface area (Å²) in [5, 5.41) is 0. The average molecular weight is 238 g/mol. The van der Waals surface area contributed by atoms with Crippen molar-refractivity contribution in [1.82, 2.24) is 0 Å². The van der Waals surface area contributed by atoms with E-state index in [9.17, 15) is 13.6 Å². The summed E-state index contributed by atoms with van der Waals surface area (Å²) in [4.78, 5) is 12.1. The van der Waals surface area contributed by atoms with Crippen LogP contribution in [0.15, 0.2) is 18.2 Å². The summed E-state index contributed by atoms with van der Waals surface area (Å²) >= 11 is 0. The fourth-order valence-corrected chi connectivity index (χ4v) is 2.50. The predicted molar refractivity (Wildman–Crippen MR) is 61.6 cm³/mol. The fraction of sp³-hybridized carbons (Fsp3) is 0.500. The highest BCUT2D eigenvalue weighted by Gasteiger charge is 2.35. The molecular weight excluding hydrogens is 222 g/mol. The zero-order valence-corrected chi connectivity index (χ0v) is 9.93. The first kappa shape index (κ1) is 12.2. The van der Waals surface area contributed by atoms with Crippen LogP contribution in [0, 0.1) is 17.0 Å². The van der Waals surface area contributed by atoms with Crippen molar-refractivity contribution in [2.45, 2.75) is 39.0 Å². The van der Waals surface area contributed by atoms with Gasteiger partial charge in [0.25, 0.3) is 0 Å². The number of ketones is 1. The van der Waals surface area contributed by atoms with Crippen molar-refractivity contribution >= 4 is 5.78 Å². The number of hydrogen-bond donors (Lipinski definition) is 0. The van der Waals surface area contributed by atoms with E-state index in [0.29, 0.717) is 0 Å². The van der Waals surface area contributed by atoms with Crippen molar-refractivity contribution < 1.29 is 13.6 Å². The summed E-state index contributed by atoms with van der Waals surface area (Å²) in [5.74, 6) is -0.966. The second-order valence-electron chi connectivity index (χ2n) is 5.10. The van der Waals surface area contributed by atoms with Crippen LogP contribution in [-0.2, 0) is 11.2 Å². The van der Waals surface area contributed by atoms with E-state index in [0.717, 1.165) is 43.9 Å². The van der Waals surface area contributed by atoms with Gasteiger partial charge in [-0.15, -0.1) is 0 Å². The number of hydrogen-bond acceptors (Lipinski definition) is 1. The molecule has 17 heavy (non-hydrogen) atoms. The van der Waals surface area contributed by atoms with E-state index in [1.165, 1.54) is 0 Å².